The number of halogens is 1. The van der Waals surface area contributed by atoms with E-state index in [0.29, 0.717) is 61.7 Å². The van der Waals surface area contributed by atoms with Crippen molar-refractivity contribution in [3.05, 3.63) is 119 Å². The maximum absolute atomic E-state index is 14.1. The van der Waals surface area contributed by atoms with Crippen LogP contribution in [0.5, 0.6) is 17.2 Å². The van der Waals surface area contributed by atoms with Crippen molar-refractivity contribution in [3.8, 4) is 17.2 Å². The van der Waals surface area contributed by atoms with Crippen LogP contribution in [0, 0.1) is 0 Å². The molecule has 5 rings (SSSR count). The van der Waals surface area contributed by atoms with Crippen molar-refractivity contribution >= 4 is 35.0 Å². The smallest absolute Gasteiger partial charge is 0.338 e. The Bertz CT molecular complexity index is 1930. The first kappa shape index (κ1) is 32.1. The van der Waals surface area contributed by atoms with E-state index in [4.69, 9.17) is 30.5 Å². The van der Waals surface area contributed by atoms with Crippen LogP contribution in [-0.4, -0.2) is 29.9 Å². The lowest BCUT2D eigenvalue weighted by molar-refractivity contribution is -0.139. The second kappa shape index (κ2) is 14.2. The SMILES string of the molecule is CCOC(=O)C1=C(C)N=c2s/c(=C\c3ccc(OCc4cccc(Cl)c4)c(OCC)c3)c(=O)n2[C@@H]1c1ccccc1OC(C)C. The molecule has 0 spiro atoms. The first-order valence-corrected chi connectivity index (χ1v) is 16.0. The quantitative estimate of drug-likeness (QED) is 0.180. The number of benzene rings is 3. The zero-order valence-corrected chi connectivity index (χ0v) is 27.4. The van der Waals surface area contributed by atoms with Gasteiger partial charge in [0, 0.05) is 10.6 Å². The number of fused-ring (bicyclic) bond motifs is 1. The number of nitrogens with zero attached hydrogens (tertiary/aromatic N) is 2. The molecule has 0 saturated heterocycles. The molecule has 0 unspecified atom stereocenters. The van der Waals surface area contributed by atoms with Gasteiger partial charge >= 0.3 is 5.97 Å². The van der Waals surface area contributed by atoms with E-state index in [1.807, 2.05) is 87.5 Å². The summed E-state index contributed by atoms with van der Waals surface area (Å²) in [6.07, 6.45) is 1.68. The molecular weight excluding hydrogens is 612 g/mol. The molecule has 45 heavy (non-hydrogen) atoms. The number of aromatic nitrogens is 1. The third-order valence-electron chi connectivity index (χ3n) is 6.94. The number of carbonyl (C=O) groups excluding carboxylic acids is 1. The van der Waals surface area contributed by atoms with Crippen LogP contribution in [-0.2, 0) is 16.1 Å². The van der Waals surface area contributed by atoms with Gasteiger partial charge in [0.1, 0.15) is 18.4 Å². The number of carbonyl (C=O) groups is 1. The lowest BCUT2D eigenvalue weighted by atomic mass is 9.95. The lowest BCUT2D eigenvalue weighted by Gasteiger charge is -2.26. The number of thiazole rings is 1. The van der Waals surface area contributed by atoms with Gasteiger partial charge in [-0.05, 0) is 82.2 Å². The molecule has 0 saturated carbocycles. The van der Waals surface area contributed by atoms with Crippen LogP contribution in [0.4, 0.5) is 0 Å². The first-order chi connectivity index (χ1) is 21.7. The summed E-state index contributed by atoms with van der Waals surface area (Å²) in [7, 11) is 0. The number of hydrogen-bond donors (Lipinski definition) is 0. The number of allylic oxidation sites excluding steroid dienone is 1. The van der Waals surface area contributed by atoms with Crippen LogP contribution in [0.25, 0.3) is 6.08 Å². The Morgan fingerprint density at radius 2 is 1.80 bits per heavy atom. The maximum Gasteiger partial charge on any atom is 0.338 e. The van der Waals surface area contributed by atoms with E-state index in [1.54, 1.807) is 24.5 Å². The summed E-state index contributed by atoms with van der Waals surface area (Å²) >= 11 is 7.38. The highest BCUT2D eigenvalue weighted by atomic mass is 35.5. The predicted molar refractivity (Wildman–Crippen MR) is 176 cm³/mol. The summed E-state index contributed by atoms with van der Waals surface area (Å²) in [5.74, 6) is 1.19. The van der Waals surface area contributed by atoms with Gasteiger partial charge in [0.15, 0.2) is 16.3 Å². The van der Waals surface area contributed by atoms with Crippen LogP contribution in [0.2, 0.25) is 5.02 Å². The molecule has 0 aliphatic carbocycles. The number of ether oxygens (including phenoxy) is 4. The van der Waals surface area contributed by atoms with Crippen molar-refractivity contribution in [2.75, 3.05) is 13.2 Å². The first-order valence-electron chi connectivity index (χ1n) is 14.8. The molecule has 0 bridgehead atoms. The summed E-state index contributed by atoms with van der Waals surface area (Å²) < 4.78 is 25.5. The Kier molecular flexibility index (Phi) is 10.1. The Balaban J connectivity index is 1.58. The second-order valence-electron chi connectivity index (χ2n) is 10.6. The van der Waals surface area contributed by atoms with Crippen molar-refractivity contribution in [2.45, 2.75) is 53.4 Å². The highest BCUT2D eigenvalue weighted by Crippen LogP contribution is 2.36. The van der Waals surface area contributed by atoms with E-state index in [9.17, 15) is 9.59 Å². The van der Waals surface area contributed by atoms with E-state index in [1.165, 1.54) is 11.3 Å². The minimum atomic E-state index is -0.779. The van der Waals surface area contributed by atoms with Crippen molar-refractivity contribution in [2.24, 2.45) is 4.99 Å². The molecule has 0 amide bonds. The van der Waals surface area contributed by atoms with Gasteiger partial charge in [-0.1, -0.05) is 59.3 Å². The summed E-state index contributed by atoms with van der Waals surface area (Å²) in [4.78, 5) is 32.6. The van der Waals surface area contributed by atoms with Crippen LogP contribution < -0.4 is 29.1 Å². The predicted octanol–water partition coefficient (Wildman–Crippen LogP) is 6.22. The fourth-order valence-corrected chi connectivity index (χ4v) is 6.35. The molecule has 3 aromatic carbocycles. The Morgan fingerprint density at radius 1 is 1.00 bits per heavy atom. The molecule has 4 aromatic rings. The molecule has 1 aliphatic rings. The minimum absolute atomic E-state index is 0.116. The van der Waals surface area contributed by atoms with Gasteiger partial charge in [-0.2, -0.15) is 0 Å². The van der Waals surface area contributed by atoms with E-state index >= 15 is 0 Å². The van der Waals surface area contributed by atoms with Crippen molar-refractivity contribution < 1.29 is 23.7 Å². The van der Waals surface area contributed by atoms with E-state index < -0.39 is 12.0 Å². The molecule has 0 N–H and O–H groups in total. The molecule has 10 heteroatoms. The summed E-state index contributed by atoms with van der Waals surface area (Å²) in [5, 5.41) is 0.640. The van der Waals surface area contributed by atoms with Gasteiger partial charge in [0.25, 0.3) is 5.56 Å². The van der Waals surface area contributed by atoms with Crippen molar-refractivity contribution in [3.63, 3.8) is 0 Å². The highest BCUT2D eigenvalue weighted by molar-refractivity contribution is 7.07. The molecule has 0 radical (unpaired) electrons. The molecule has 0 fully saturated rings. The van der Waals surface area contributed by atoms with Gasteiger partial charge in [-0.15, -0.1) is 0 Å². The Labute approximate surface area is 270 Å². The minimum Gasteiger partial charge on any atom is -0.491 e. The third-order valence-corrected chi connectivity index (χ3v) is 8.16. The highest BCUT2D eigenvalue weighted by Gasteiger charge is 2.35. The molecule has 8 nitrogen and oxygen atoms in total. The molecule has 234 valence electrons. The second-order valence-corrected chi connectivity index (χ2v) is 12.0. The molecule has 1 atom stereocenters. The standard InChI is InChI=1S/C35H35ClN2O6S/c1-6-41-29-18-23(15-16-28(29)43-20-24-11-10-12-25(36)17-24)19-30-33(39)38-32(26-13-8-9-14-27(26)44-21(3)4)31(34(40)42-7-2)22(5)37-35(38)45-30/h8-19,21,32H,6-7,20H2,1-5H3/b30-19-/t32-/m1/s1. The largest absolute Gasteiger partial charge is 0.491 e. The van der Waals surface area contributed by atoms with Gasteiger partial charge < -0.3 is 18.9 Å². The summed E-state index contributed by atoms with van der Waals surface area (Å²) in [5.41, 5.74) is 2.87. The number of rotatable bonds is 11. The van der Waals surface area contributed by atoms with Crippen LogP contribution in [0.1, 0.15) is 57.4 Å². The van der Waals surface area contributed by atoms with Gasteiger partial charge in [-0.25, -0.2) is 9.79 Å². The number of para-hydroxylation sites is 1. The van der Waals surface area contributed by atoms with E-state index in [2.05, 4.69) is 4.99 Å². The van der Waals surface area contributed by atoms with Gasteiger partial charge in [0.2, 0.25) is 0 Å². The Hall–Kier alpha value is -4.34. The number of hydrogen-bond acceptors (Lipinski definition) is 8. The maximum atomic E-state index is 14.1. The van der Waals surface area contributed by atoms with Crippen LogP contribution in [0.15, 0.2) is 87.8 Å². The zero-order valence-electron chi connectivity index (χ0n) is 25.8. The average molecular weight is 647 g/mol. The lowest BCUT2D eigenvalue weighted by Crippen LogP contribution is -2.40. The number of esters is 1. The van der Waals surface area contributed by atoms with Crippen LogP contribution in [0.3, 0.4) is 0 Å². The van der Waals surface area contributed by atoms with E-state index in [0.717, 1.165) is 11.1 Å². The third kappa shape index (κ3) is 7.16. The van der Waals surface area contributed by atoms with E-state index in [-0.39, 0.29) is 18.3 Å². The molecule has 1 aliphatic heterocycles. The topological polar surface area (TPSA) is 88.4 Å². The monoisotopic (exact) mass is 646 g/mol. The molecule has 2 heterocycles. The summed E-state index contributed by atoms with van der Waals surface area (Å²) in [6, 6.07) is 19.7. The average Bonchev–Trinajstić information content (AvgIpc) is 3.30. The summed E-state index contributed by atoms with van der Waals surface area (Å²) in [6.45, 7) is 10.2. The fraction of sp³-hybridized carbons (Fsp3) is 0.286. The van der Waals surface area contributed by atoms with Crippen molar-refractivity contribution in [1.82, 2.24) is 4.57 Å². The molecule has 1 aromatic heterocycles. The molecular formula is C35H35ClN2O6S. The van der Waals surface area contributed by atoms with Gasteiger partial charge in [-0.3, -0.25) is 9.36 Å². The zero-order chi connectivity index (χ0) is 32.1. The van der Waals surface area contributed by atoms with Gasteiger partial charge in [0.05, 0.1) is 35.1 Å². The Morgan fingerprint density at radius 3 is 2.53 bits per heavy atom. The normalized spacial score (nSPS) is 14.6. The fourth-order valence-electron chi connectivity index (χ4n) is 5.09. The van der Waals surface area contributed by atoms with Crippen LogP contribution >= 0.6 is 22.9 Å². The van der Waals surface area contributed by atoms with Crippen molar-refractivity contribution in [1.29, 1.82) is 0 Å².